The van der Waals surface area contributed by atoms with Crippen molar-refractivity contribution in [1.82, 2.24) is 4.90 Å². The number of methoxy groups -OCH3 is 1. The summed E-state index contributed by atoms with van der Waals surface area (Å²) in [6.45, 7) is 0. The van der Waals surface area contributed by atoms with E-state index in [2.05, 4.69) is 0 Å². The van der Waals surface area contributed by atoms with Crippen LogP contribution in [-0.2, 0) is 9.53 Å². The minimum absolute atomic E-state index is 0.299. The number of carbonyl (C=O) groups excluding carboxylic acids is 2. The molecule has 0 aliphatic rings. The Labute approximate surface area is 158 Å². The Hall–Kier alpha value is -3.34. The maximum absolute atomic E-state index is 12.9. The van der Waals surface area contributed by atoms with Gasteiger partial charge < -0.3 is 14.4 Å². The van der Waals surface area contributed by atoms with Crippen molar-refractivity contribution in [2.24, 2.45) is 0 Å². The molecule has 0 saturated carbocycles. The molecule has 3 aromatic carbocycles. The van der Waals surface area contributed by atoms with E-state index >= 15 is 0 Å². The summed E-state index contributed by atoms with van der Waals surface area (Å²) in [5.74, 6) is -0.184. The Morgan fingerprint density at radius 3 is 2.11 bits per heavy atom. The summed E-state index contributed by atoms with van der Waals surface area (Å²) in [6, 6.07) is 19.8. The number of carbonyl (C=O) groups is 2. The van der Waals surface area contributed by atoms with Crippen LogP contribution < -0.4 is 4.74 Å². The Bertz CT molecular complexity index is 966. The lowest BCUT2D eigenvalue weighted by Crippen LogP contribution is -2.31. The second-order valence-corrected chi connectivity index (χ2v) is 6.29. The molecule has 0 radical (unpaired) electrons. The van der Waals surface area contributed by atoms with Gasteiger partial charge in [0.15, 0.2) is 0 Å². The van der Waals surface area contributed by atoms with Gasteiger partial charge in [0, 0.05) is 25.0 Å². The normalized spacial score (nSPS) is 11.7. The van der Waals surface area contributed by atoms with Crippen LogP contribution in [0.25, 0.3) is 10.8 Å². The van der Waals surface area contributed by atoms with Crippen LogP contribution in [0.3, 0.4) is 0 Å². The van der Waals surface area contributed by atoms with Crippen molar-refractivity contribution in [3.05, 3.63) is 77.9 Å². The van der Waals surface area contributed by atoms with E-state index in [4.69, 9.17) is 9.47 Å². The molecule has 138 valence electrons. The van der Waals surface area contributed by atoms with Gasteiger partial charge in [0.25, 0.3) is 5.91 Å². The van der Waals surface area contributed by atoms with Crippen LogP contribution in [0.15, 0.2) is 66.7 Å². The summed E-state index contributed by atoms with van der Waals surface area (Å²) in [6.07, 6.45) is -1.01. The van der Waals surface area contributed by atoms with Crippen molar-refractivity contribution in [3.63, 3.8) is 0 Å². The first-order valence-corrected chi connectivity index (χ1v) is 8.55. The lowest BCUT2D eigenvalue weighted by Gasteiger charge is -2.21. The Morgan fingerprint density at radius 1 is 0.852 bits per heavy atom. The highest BCUT2D eigenvalue weighted by Crippen LogP contribution is 2.30. The third kappa shape index (κ3) is 3.77. The topological polar surface area (TPSA) is 55.8 Å². The van der Waals surface area contributed by atoms with E-state index in [9.17, 15) is 9.59 Å². The van der Waals surface area contributed by atoms with Gasteiger partial charge in [0.1, 0.15) is 5.75 Å². The molecular formula is C22H21NO4. The highest BCUT2D eigenvalue weighted by molar-refractivity contribution is 6.07. The lowest BCUT2D eigenvalue weighted by atomic mass is 10.0. The summed E-state index contributed by atoms with van der Waals surface area (Å²) >= 11 is 0. The molecule has 0 spiro atoms. The second-order valence-electron chi connectivity index (χ2n) is 6.29. The van der Waals surface area contributed by atoms with Gasteiger partial charge in [-0.2, -0.15) is 0 Å². The number of likely N-dealkylation sites (N-methyl/N-ethyl adjacent to an activating group) is 1. The van der Waals surface area contributed by atoms with E-state index in [0.29, 0.717) is 22.3 Å². The number of nitrogens with zero attached hydrogens (tertiary/aromatic N) is 1. The van der Waals surface area contributed by atoms with Crippen LogP contribution >= 0.6 is 0 Å². The molecule has 0 N–H and O–H groups in total. The maximum atomic E-state index is 12.9. The molecule has 0 fully saturated rings. The van der Waals surface area contributed by atoms with Gasteiger partial charge in [-0.25, -0.2) is 4.79 Å². The van der Waals surface area contributed by atoms with E-state index in [1.54, 1.807) is 45.5 Å². The van der Waals surface area contributed by atoms with Crippen molar-refractivity contribution in [2.45, 2.75) is 6.10 Å². The largest absolute Gasteiger partial charge is 0.496 e. The van der Waals surface area contributed by atoms with Crippen LogP contribution in [0, 0.1) is 0 Å². The number of rotatable bonds is 5. The molecule has 0 aliphatic heterocycles. The number of benzene rings is 3. The minimum Gasteiger partial charge on any atom is -0.496 e. The molecule has 0 aliphatic carbocycles. The van der Waals surface area contributed by atoms with Gasteiger partial charge in [0.2, 0.25) is 6.10 Å². The number of esters is 1. The summed E-state index contributed by atoms with van der Waals surface area (Å²) < 4.78 is 11.0. The van der Waals surface area contributed by atoms with E-state index in [1.807, 2.05) is 42.5 Å². The predicted octanol–water partition coefficient (Wildman–Crippen LogP) is 3.83. The number of amides is 1. The molecule has 27 heavy (non-hydrogen) atoms. The molecule has 5 heteroatoms. The Balaban J connectivity index is 2.00. The minimum atomic E-state index is -1.01. The zero-order valence-electron chi connectivity index (χ0n) is 15.5. The summed E-state index contributed by atoms with van der Waals surface area (Å²) in [4.78, 5) is 27.0. The van der Waals surface area contributed by atoms with Crippen molar-refractivity contribution < 1.29 is 19.1 Å². The van der Waals surface area contributed by atoms with Gasteiger partial charge in [0.05, 0.1) is 12.7 Å². The van der Waals surface area contributed by atoms with E-state index in [1.165, 1.54) is 4.90 Å². The lowest BCUT2D eigenvalue weighted by molar-refractivity contribution is -0.138. The van der Waals surface area contributed by atoms with Crippen LogP contribution in [0.1, 0.15) is 22.0 Å². The monoisotopic (exact) mass is 363 g/mol. The van der Waals surface area contributed by atoms with E-state index in [0.717, 1.165) is 5.39 Å². The van der Waals surface area contributed by atoms with Gasteiger partial charge in [-0.05, 0) is 17.5 Å². The number of ether oxygens (including phenoxy) is 2. The highest BCUT2D eigenvalue weighted by atomic mass is 16.5. The fourth-order valence-electron chi connectivity index (χ4n) is 2.92. The fraction of sp³-hybridized carbons (Fsp3) is 0.182. The highest BCUT2D eigenvalue weighted by Gasteiger charge is 2.27. The third-order valence-corrected chi connectivity index (χ3v) is 4.32. The smallest absolute Gasteiger partial charge is 0.339 e. The van der Waals surface area contributed by atoms with Crippen LogP contribution in [0.4, 0.5) is 0 Å². The summed E-state index contributed by atoms with van der Waals surface area (Å²) in [7, 11) is 4.85. The van der Waals surface area contributed by atoms with Crippen LogP contribution in [0.2, 0.25) is 0 Å². The molecule has 0 heterocycles. The van der Waals surface area contributed by atoms with Crippen molar-refractivity contribution in [3.8, 4) is 5.75 Å². The summed E-state index contributed by atoms with van der Waals surface area (Å²) in [5.41, 5.74) is 1.02. The maximum Gasteiger partial charge on any atom is 0.339 e. The van der Waals surface area contributed by atoms with Crippen molar-refractivity contribution in [1.29, 1.82) is 0 Å². The molecule has 1 atom stereocenters. The predicted molar refractivity (Wildman–Crippen MR) is 104 cm³/mol. The number of hydrogen-bond acceptors (Lipinski definition) is 4. The zero-order chi connectivity index (χ0) is 19.4. The quantitative estimate of drug-likeness (QED) is 0.647. The van der Waals surface area contributed by atoms with Gasteiger partial charge in [-0.3, -0.25) is 4.79 Å². The van der Waals surface area contributed by atoms with Gasteiger partial charge >= 0.3 is 5.97 Å². The van der Waals surface area contributed by atoms with Gasteiger partial charge in [-0.1, -0.05) is 54.6 Å². The molecule has 3 rings (SSSR count). The Morgan fingerprint density at radius 2 is 1.48 bits per heavy atom. The number of fused-ring (bicyclic) bond motifs is 1. The van der Waals surface area contributed by atoms with Crippen LogP contribution in [-0.4, -0.2) is 38.0 Å². The molecule has 0 bridgehead atoms. The van der Waals surface area contributed by atoms with E-state index < -0.39 is 12.1 Å². The molecule has 1 unspecified atom stereocenters. The molecule has 0 aromatic heterocycles. The molecular weight excluding hydrogens is 342 g/mol. The molecule has 3 aromatic rings. The average Bonchev–Trinajstić information content (AvgIpc) is 2.71. The van der Waals surface area contributed by atoms with Gasteiger partial charge in [-0.15, -0.1) is 0 Å². The first kappa shape index (κ1) is 18.5. The standard InChI is InChI=1S/C22H21NO4/c1-23(2)21(24)20(15-9-5-4-6-10-15)27-22(25)18-13-14-19(26-3)17-12-8-7-11-16(17)18/h4-14,20H,1-3H3. The average molecular weight is 363 g/mol. The summed E-state index contributed by atoms with van der Waals surface area (Å²) in [5, 5.41) is 1.52. The molecule has 1 amide bonds. The first-order chi connectivity index (χ1) is 13.0. The van der Waals surface area contributed by atoms with Crippen molar-refractivity contribution >= 4 is 22.6 Å². The third-order valence-electron chi connectivity index (χ3n) is 4.32. The second kappa shape index (κ2) is 7.91. The first-order valence-electron chi connectivity index (χ1n) is 8.55. The van der Waals surface area contributed by atoms with E-state index in [-0.39, 0.29) is 5.91 Å². The van der Waals surface area contributed by atoms with Crippen LogP contribution in [0.5, 0.6) is 5.75 Å². The molecule has 5 nitrogen and oxygen atoms in total. The van der Waals surface area contributed by atoms with Crippen molar-refractivity contribution in [2.75, 3.05) is 21.2 Å². The SMILES string of the molecule is COc1ccc(C(=O)OC(C(=O)N(C)C)c2ccccc2)c2ccccc12. The number of hydrogen-bond donors (Lipinski definition) is 0. The molecule has 0 saturated heterocycles. The Kier molecular flexibility index (Phi) is 5.41. The zero-order valence-corrected chi connectivity index (χ0v) is 15.5. The fourth-order valence-corrected chi connectivity index (χ4v) is 2.92.